The number of nitrogens with zero attached hydrogens (tertiary/aromatic N) is 5. The second-order valence-electron chi connectivity index (χ2n) is 7.77. The van der Waals surface area contributed by atoms with Gasteiger partial charge in [-0.3, -0.25) is 14.2 Å². The Hall–Kier alpha value is -4.38. The number of aromatic nitrogens is 4. The van der Waals surface area contributed by atoms with Crippen molar-refractivity contribution < 1.29 is 9.53 Å². The normalized spacial score (nSPS) is 13.7. The summed E-state index contributed by atoms with van der Waals surface area (Å²) >= 11 is 0. The van der Waals surface area contributed by atoms with Crippen LogP contribution in [0.3, 0.4) is 0 Å². The van der Waals surface area contributed by atoms with Gasteiger partial charge in [0.1, 0.15) is 22.9 Å². The number of nitrogens with two attached hydrogens (primary N) is 1. The van der Waals surface area contributed by atoms with Crippen molar-refractivity contribution in [3.8, 4) is 5.69 Å². The molecular weight excluding hydrogens is 436 g/mol. The van der Waals surface area contributed by atoms with E-state index in [2.05, 4.69) is 25.6 Å². The highest BCUT2D eigenvalue weighted by molar-refractivity contribution is 5.99. The lowest BCUT2D eigenvalue weighted by Gasteiger charge is -2.29. The van der Waals surface area contributed by atoms with Crippen LogP contribution < -0.4 is 26.8 Å². The minimum atomic E-state index is -0.635. The summed E-state index contributed by atoms with van der Waals surface area (Å²) in [6.07, 6.45) is 3.08. The number of ether oxygens (including phenoxy) is 1. The highest BCUT2D eigenvalue weighted by Gasteiger charge is 2.16. The molecule has 0 saturated carbocycles. The van der Waals surface area contributed by atoms with Crippen LogP contribution in [0.1, 0.15) is 10.4 Å². The number of primary amides is 1. The lowest BCUT2D eigenvalue weighted by Crippen LogP contribution is -2.36. The first-order valence-corrected chi connectivity index (χ1v) is 10.8. The van der Waals surface area contributed by atoms with Gasteiger partial charge in [0.05, 0.1) is 19.4 Å². The summed E-state index contributed by atoms with van der Waals surface area (Å²) in [7, 11) is 1.72. The lowest BCUT2D eigenvalue weighted by atomic mass is 10.2. The average molecular weight is 460 g/mol. The summed E-state index contributed by atoms with van der Waals surface area (Å²) in [4.78, 5) is 31.7. The van der Waals surface area contributed by atoms with E-state index in [0.717, 1.165) is 24.5 Å². The van der Waals surface area contributed by atoms with Gasteiger partial charge in [-0.1, -0.05) is 0 Å². The number of nitrogens with one attached hydrogen (secondary N) is 2. The molecule has 0 unspecified atom stereocenters. The first kappa shape index (κ1) is 21.5. The first-order valence-electron chi connectivity index (χ1n) is 10.8. The molecule has 0 atom stereocenters. The highest BCUT2D eigenvalue weighted by Crippen LogP contribution is 2.22. The third kappa shape index (κ3) is 3.92. The molecule has 174 valence electrons. The average Bonchev–Trinajstić information content (AvgIpc) is 3.30. The van der Waals surface area contributed by atoms with Gasteiger partial charge >= 0.3 is 0 Å². The number of anilines is 4. The molecule has 3 aromatic heterocycles. The molecule has 11 heteroatoms. The van der Waals surface area contributed by atoms with Crippen LogP contribution in [-0.4, -0.2) is 58.4 Å². The monoisotopic (exact) mass is 460 g/mol. The van der Waals surface area contributed by atoms with E-state index in [0.29, 0.717) is 30.5 Å². The molecule has 5 rings (SSSR count). The van der Waals surface area contributed by atoms with E-state index in [4.69, 9.17) is 10.5 Å². The smallest absolute Gasteiger partial charge is 0.278 e. The zero-order valence-electron chi connectivity index (χ0n) is 18.6. The second-order valence-corrected chi connectivity index (χ2v) is 7.77. The molecular formula is C23H24N8O3. The fourth-order valence-corrected chi connectivity index (χ4v) is 3.95. The maximum absolute atomic E-state index is 13.2. The number of amides is 1. The zero-order chi connectivity index (χ0) is 23.7. The van der Waals surface area contributed by atoms with Crippen molar-refractivity contribution in [2.45, 2.75) is 0 Å². The fourth-order valence-electron chi connectivity index (χ4n) is 3.95. The number of pyridine rings is 1. The highest BCUT2D eigenvalue weighted by atomic mass is 16.5. The minimum Gasteiger partial charge on any atom is -0.378 e. The van der Waals surface area contributed by atoms with Crippen LogP contribution in [0.4, 0.5) is 23.0 Å². The van der Waals surface area contributed by atoms with Gasteiger partial charge in [-0.25, -0.2) is 4.98 Å². The van der Waals surface area contributed by atoms with E-state index < -0.39 is 5.91 Å². The number of hydrogen-bond donors (Lipinski definition) is 3. The van der Waals surface area contributed by atoms with Gasteiger partial charge in [-0.05, 0) is 36.4 Å². The molecule has 0 radical (unpaired) electrons. The Labute approximate surface area is 194 Å². The molecule has 1 aliphatic rings. The molecule has 4 N–H and O–H groups in total. The Morgan fingerprint density at radius 1 is 1.12 bits per heavy atom. The molecule has 34 heavy (non-hydrogen) atoms. The summed E-state index contributed by atoms with van der Waals surface area (Å²) in [5, 5.41) is 10.2. The summed E-state index contributed by atoms with van der Waals surface area (Å²) in [6.45, 7) is 3.12. The van der Waals surface area contributed by atoms with Crippen molar-refractivity contribution in [1.29, 1.82) is 0 Å². The van der Waals surface area contributed by atoms with E-state index in [-0.39, 0.29) is 16.8 Å². The molecule has 1 aromatic carbocycles. The number of hydrogen-bond acceptors (Lipinski definition) is 8. The Balaban J connectivity index is 1.46. The van der Waals surface area contributed by atoms with Crippen LogP contribution >= 0.6 is 0 Å². The maximum atomic E-state index is 13.2. The number of fused-ring (bicyclic) bond motifs is 1. The van der Waals surface area contributed by atoms with Gasteiger partial charge in [-0.2, -0.15) is 9.61 Å². The number of carbonyl (C=O) groups is 1. The Morgan fingerprint density at radius 2 is 1.85 bits per heavy atom. The largest absolute Gasteiger partial charge is 0.378 e. The van der Waals surface area contributed by atoms with E-state index in [9.17, 15) is 9.59 Å². The summed E-state index contributed by atoms with van der Waals surface area (Å²) < 4.78 is 8.46. The van der Waals surface area contributed by atoms with Gasteiger partial charge in [-0.15, -0.1) is 0 Å². The molecule has 0 bridgehead atoms. The number of rotatable bonds is 6. The van der Waals surface area contributed by atoms with Gasteiger partial charge < -0.3 is 26.0 Å². The van der Waals surface area contributed by atoms with Crippen LogP contribution in [0.5, 0.6) is 0 Å². The number of carbonyl (C=O) groups excluding carboxylic acids is 1. The van der Waals surface area contributed by atoms with E-state index in [1.54, 1.807) is 36.0 Å². The molecule has 4 aromatic rings. The maximum Gasteiger partial charge on any atom is 0.278 e. The number of benzene rings is 1. The van der Waals surface area contributed by atoms with Crippen LogP contribution in [0, 0.1) is 0 Å². The minimum absolute atomic E-state index is 0.186. The van der Waals surface area contributed by atoms with E-state index in [1.165, 1.54) is 10.7 Å². The van der Waals surface area contributed by atoms with Crippen molar-refractivity contribution >= 4 is 34.6 Å². The predicted octanol–water partition coefficient (Wildman–Crippen LogP) is 1.60. The van der Waals surface area contributed by atoms with Gasteiger partial charge in [0.15, 0.2) is 5.65 Å². The van der Waals surface area contributed by atoms with Crippen molar-refractivity contribution in [3.05, 3.63) is 70.8 Å². The van der Waals surface area contributed by atoms with Crippen LogP contribution in [0.25, 0.3) is 11.3 Å². The number of morpholine rings is 1. The van der Waals surface area contributed by atoms with Gasteiger partial charge in [0.2, 0.25) is 0 Å². The molecule has 0 spiro atoms. The predicted molar refractivity (Wildman–Crippen MR) is 129 cm³/mol. The molecule has 1 aliphatic heterocycles. The van der Waals surface area contributed by atoms with Crippen LogP contribution in [-0.2, 0) is 4.74 Å². The molecule has 11 nitrogen and oxygen atoms in total. The molecule has 1 saturated heterocycles. The fraction of sp³-hybridized carbons (Fsp3) is 0.217. The Kier molecular flexibility index (Phi) is 5.60. The SMILES string of the molecule is CNc1cc(Nc2cccn(-c3ccc(N4CCOCC4)cc3)c2=O)nc2c(C(N)=O)cnn12. The van der Waals surface area contributed by atoms with Crippen molar-refractivity contribution in [2.24, 2.45) is 5.73 Å². The van der Waals surface area contributed by atoms with Crippen molar-refractivity contribution in [1.82, 2.24) is 19.2 Å². The van der Waals surface area contributed by atoms with E-state index in [1.807, 2.05) is 24.3 Å². The molecule has 1 amide bonds. The Bertz CT molecular complexity index is 1400. The molecule has 1 fully saturated rings. The summed E-state index contributed by atoms with van der Waals surface area (Å²) in [6, 6.07) is 13.0. The lowest BCUT2D eigenvalue weighted by molar-refractivity contribution is 0.100. The van der Waals surface area contributed by atoms with Crippen LogP contribution in [0.2, 0.25) is 0 Å². The van der Waals surface area contributed by atoms with Gasteiger partial charge in [0.25, 0.3) is 11.5 Å². The topological polar surface area (TPSA) is 132 Å². The summed E-state index contributed by atoms with van der Waals surface area (Å²) in [5.74, 6) is 0.316. The second kappa shape index (κ2) is 8.87. The van der Waals surface area contributed by atoms with Gasteiger partial charge in [0, 0.05) is 43.8 Å². The molecule has 4 heterocycles. The molecule has 0 aliphatic carbocycles. The first-order chi connectivity index (χ1) is 16.5. The van der Waals surface area contributed by atoms with E-state index >= 15 is 0 Å². The third-order valence-electron chi connectivity index (χ3n) is 5.71. The third-order valence-corrected chi connectivity index (χ3v) is 5.71. The standard InChI is InChI=1S/C23H24N8O3/c1-25-20-13-19(28-22-17(21(24)32)14-26-31(20)22)27-18-3-2-8-30(23(18)33)16-6-4-15(5-7-16)29-9-11-34-12-10-29/h2-8,13-14,25H,9-12H2,1H3,(H2,24,32)(H,27,28). The Morgan fingerprint density at radius 3 is 2.56 bits per heavy atom. The van der Waals surface area contributed by atoms with Crippen molar-refractivity contribution in [3.63, 3.8) is 0 Å². The van der Waals surface area contributed by atoms with Crippen molar-refractivity contribution in [2.75, 3.05) is 48.9 Å². The summed E-state index contributed by atoms with van der Waals surface area (Å²) in [5.41, 5.74) is 7.86. The van der Waals surface area contributed by atoms with Crippen LogP contribution in [0.15, 0.2) is 59.7 Å². The quantitative estimate of drug-likeness (QED) is 0.395. The zero-order valence-corrected chi connectivity index (χ0v) is 18.6.